The molecule has 1 saturated heterocycles. The zero-order valence-corrected chi connectivity index (χ0v) is 12.8. The van der Waals surface area contributed by atoms with E-state index in [1.807, 2.05) is 11.0 Å². The summed E-state index contributed by atoms with van der Waals surface area (Å²) in [6.45, 7) is 6.19. The van der Waals surface area contributed by atoms with E-state index in [0.717, 1.165) is 37.0 Å². The monoisotopic (exact) mass is 286 g/mol. The summed E-state index contributed by atoms with van der Waals surface area (Å²) in [5.41, 5.74) is 4.21. The summed E-state index contributed by atoms with van der Waals surface area (Å²) in [5, 5.41) is 8.33. The average Bonchev–Trinajstić information content (AvgIpc) is 2.69. The second kappa shape index (κ2) is 5.84. The fraction of sp³-hybridized carbons (Fsp3) is 0.562. The summed E-state index contributed by atoms with van der Waals surface area (Å²) in [5.74, 6) is 0.155. The van der Waals surface area contributed by atoms with Gasteiger partial charge in [-0.05, 0) is 49.9 Å². The Balaban J connectivity index is 1.81. The molecule has 2 heterocycles. The summed E-state index contributed by atoms with van der Waals surface area (Å²) in [6.07, 6.45) is 4.69. The zero-order chi connectivity index (χ0) is 14.8. The smallest absolute Gasteiger partial charge is 0.244 e. The van der Waals surface area contributed by atoms with Crippen LogP contribution in [-0.2, 0) is 11.3 Å². The number of aromatic nitrogens is 3. The lowest BCUT2D eigenvalue weighted by molar-refractivity contribution is -0.131. The standard InChI is InChI=1S/C16H22N4O/c1-12-9-14-15(10-13(12)2)20(18-17-14)11-16(21)19-7-5-3-4-6-8-19/h9-10H,3-8,11H2,1-2H3. The molecule has 0 unspecified atom stereocenters. The third-order valence-corrected chi connectivity index (χ3v) is 4.37. The third-order valence-electron chi connectivity index (χ3n) is 4.37. The van der Waals surface area contributed by atoms with Gasteiger partial charge in [0.25, 0.3) is 0 Å². The van der Waals surface area contributed by atoms with Crippen molar-refractivity contribution in [3.05, 3.63) is 23.3 Å². The van der Waals surface area contributed by atoms with Crippen molar-refractivity contribution in [1.82, 2.24) is 19.9 Å². The molecule has 1 aromatic carbocycles. The summed E-state index contributed by atoms with van der Waals surface area (Å²) >= 11 is 0. The number of amides is 1. The van der Waals surface area contributed by atoms with Gasteiger partial charge < -0.3 is 4.90 Å². The molecule has 0 radical (unpaired) electrons. The molecule has 0 spiro atoms. The number of hydrogen-bond donors (Lipinski definition) is 0. The first-order valence-corrected chi connectivity index (χ1v) is 7.73. The van der Waals surface area contributed by atoms with Crippen LogP contribution < -0.4 is 0 Å². The normalized spacial score (nSPS) is 16.2. The number of rotatable bonds is 2. The Kier molecular flexibility index (Phi) is 3.90. The van der Waals surface area contributed by atoms with Crippen LogP contribution in [0.4, 0.5) is 0 Å². The zero-order valence-electron chi connectivity index (χ0n) is 12.8. The fourth-order valence-corrected chi connectivity index (χ4v) is 2.89. The summed E-state index contributed by atoms with van der Waals surface area (Å²) in [7, 11) is 0. The van der Waals surface area contributed by atoms with Crippen molar-refractivity contribution in [2.45, 2.75) is 46.1 Å². The van der Waals surface area contributed by atoms with Crippen molar-refractivity contribution in [1.29, 1.82) is 0 Å². The number of likely N-dealkylation sites (tertiary alicyclic amines) is 1. The highest BCUT2D eigenvalue weighted by molar-refractivity contribution is 5.80. The molecule has 2 aromatic rings. The fourth-order valence-electron chi connectivity index (χ4n) is 2.89. The molecular weight excluding hydrogens is 264 g/mol. The van der Waals surface area contributed by atoms with Crippen molar-refractivity contribution < 1.29 is 4.79 Å². The van der Waals surface area contributed by atoms with Crippen molar-refractivity contribution in [2.75, 3.05) is 13.1 Å². The molecule has 0 bridgehead atoms. The van der Waals surface area contributed by atoms with E-state index in [0.29, 0.717) is 6.54 Å². The molecule has 1 aromatic heterocycles. The Morgan fingerprint density at radius 1 is 1.10 bits per heavy atom. The van der Waals surface area contributed by atoms with E-state index in [4.69, 9.17) is 0 Å². The van der Waals surface area contributed by atoms with Gasteiger partial charge in [-0.3, -0.25) is 4.79 Å². The Labute approximate surface area is 124 Å². The van der Waals surface area contributed by atoms with Crippen LogP contribution in [0.3, 0.4) is 0 Å². The van der Waals surface area contributed by atoms with E-state index in [-0.39, 0.29) is 5.91 Å². The summed E-state index contributed by atoms with van der Waals surface area (Å²) < 4.78 is 1.73. The topological polar surface area (TPSA) is 51.0 Å². The molecule has 5 heteroatoms. The van der Waals surface area contributed by atoms with Gasteiger partial charge in [0.05, 0.1) is 5.52 Å². The van der Waals surface area contributed by atoms with Gasteiger partial charge in [0.1, 0.15) is 12.1 Å². The maximum absolute atomic E-state index is 12.5. The first kappa shape index (κ1) is 14.0. The predicted molar refractivity (Wildman–Crippen MR) is 82.1 cm³/mol. The quantitative estimate of drug-likeness (QED) is 0.852. The van der Waals surface area contributed by atoms with Crippen molar-refractivity contribution >= 4 is 16.9 Å². The minimum Gasteiger partial charge on any atom is -0.341 e. The average molecular weight is 286 g/mol. The van der Waals surface area contributed by atoms with E-state index >= 15 is 0 Å². The van der Waals surface area contributed by atoms with Gasteiger partial charge in [0.15, 0.2) is 0 Å². The largest absolute Gasteiger partial charge is 0.341 e. The molecule has 5 nitrogen and oxygen atoms in total. The van der Waals surface area contributed by atoms with Crippen molar-refractivity contribution in [3.8, 4) is 0 Å². The van der Waals surface area contributed by atoms with E-state index < -0.39 is 0 Å². The lowest BCUT2D eigenvalue weighted by Gasteiger charge is -2.20. The number of hydrogen-bond acceptors (Lipinski definition) is 3. The van der Waals surface area contributed by atoms with Crippen LogP contribution in [0.2, 0.25) is 0 Å². The molecule has 1 fully saturated rings. The van der Waals surface area contributed by atoms with Gasteiger partial charge in [-0.15, -0.1) is 5.10 Å². The minimum atomic E-state index is 0.155. The van der Waals surface area contributed by atoms with Crippen molar-refractivity contribution in [2.24, 2.45) is 0 Å². The highest BCUT2D eigenvalue weighted by Gasteiger charge is 2.17. The molecule has 112 valence electrons. The summed E-state index contributed by atoms with van der Waals surface area (Å²) in [4.78, 5) is 14.4. The predicted octanol–water partition coefficient (Wildman–Crippen LogP) is 2.45. The molecular formula is C16H22N4O. The number of carbonyl (C=O) groups excluding carboxylic acids is 1. The van der Waals surface area contributed by atoms with Gasteiger partial charge in [-0.1, -0.05) is 18.1 Å². The highest BCUT2D eigenvalue weighted by atomic mass is 16.2. The molecule has 1 aliphatic heterocycles. The number of fused-ring (bicyclic) bond motifs is 1. The van der Waals surface area contributed by atoms with Crippen LogP contribution in [0, 0.1) is 13.8 Å². The first-order valence-electron chi connectivity index (χ1n) is 7.73. The third kappa shape index (κ3) is 2.91. The van der Waals surface area contributed by atoms with Crippen LogP contribution in [0.5, 0.6) is 0 Å². The number of benzene rings is 1. The van der Waals surface area contributed by atoms with Crippen molar-refractivity contribution in [3.63, 3.8) is 0 Å². The van der Waals surface area contributed by atoms with E-state index in [2.05, 4.69) is 30.2 Å². The second-order valence-corrected chi connectivity index (χ2v) is 5.97. The highest BCUT2D eigenvalue weighted by Crippen LogP contribution is 2.17. The van der Waals surface area contributed by atoms with Crippen LogP contribution in [0.25, 0.3) is 11.0 Å². The lowest BCUT2D eigenvalue weighted by Crippen LogP contribution is -2.34. The molecule has 0 saturated carbocycles. The Hall–Kier alpha value is -1.91. The molecule has 21 heavy (non-hydrogen) atoms. The van der Waals surface area contributed by atoms with Gasteiger partial charge in [-0.2, -0.15) is 0 Å². The van der Waals surface area contributed by atoms with Gasteiger partial charge in [0.2, 0.25) is 5.91 Å². The molecule has 1 amide bonds. The first-order chi connectivity index (χ1) is 10.1. The van der Waals surface area contributed by atoms with Gasteiger partial charge in [-0.25, -0.2) is 4.68 Å². The maximum Gasteiger partial charge on any atom is 0.244 e. The molecule has 0 atom stereocenters. The molecule has 3 rings (SSSR count). The molecule has 0 aliphatic carbocycles. The van der Waals surface area contributed by atoms with Crippen LogP contribution in [0.15, 0.2) is 12.1 Å². The minimum absolute atomic E-state index is 0.155. The van der Waals surface area contributed by atoms with Crippen LogP contribution >= 0.6 is 0 Å². The molecule has 0 N–H and O–H groups in total. The van der Waals surface area contributed by atoms with E-state index in [1.54, 1.807) is 4.68 Å². The SMILES string of the molecule is Cc1cc2nnn(CC(=O)N3CCCCCC3)c2cc1C. The Bertz CT molecular complexity index is 654. The number of nitrogens with zero attached hydrogens (tertiary/aromatic N) is 4. The molecule has 1 aliphatic rings. The number of aryl methyl sites for hydroxylation is 2. The number of carbonyl (C=O) groups is 1. The lowest BCUT2D eigenvalue weighted by atomic mass is 10.1. The van der Waals surface area contributed by atoms with E-state index in [1.165, 1.54) is 24.0 Å². The Morgan fingerprint density at radius 3 is 2.48 bits per heavy atom. The maximum atomic E-state index is 12.5. The van der Waals surface area contributed by atoms with Gasteiger partial charge in [0, 0.05) is 13.1 Å². The van der Waals surface area contributed by atoms with Crippen LogP contribution in [0.1, 0.15) is 36.8 Å². The Morgan fingerprint density at radius 2 is 1.76 bits per heavy atom. The van der Waals surface area contributed by atoms with Gasteiger partial charge >= 0.3 is 0 Å². The van der Waals surface area contributed by atoms with E-state index in [9.17, 15) is 4.79 Å². The van der Waals surface area contributed by atoms with Crippen LogP contribution in [-0.4, -0.2) is 38.9 Å². The summed E-state index contributed by atoms with van der Waals surface area (Å²) in [6, 6.07) is 4.10. The second-order valence-electron chi connectivity index (χ2n) is 5.97.